The number of rotatable bonds is 8. The number of aromatic nitrogens is 3. The number of hydrogen-bond acceptors (Lipinski definition) is 4. The highest BCUT2D eigenvalue weighted by Crippen LogP contribution is 2.26. The Hall–Kier alpha value is -2.94. The fraction of sp³-hybridized carbons (Fsp3) is 0.333. The van der Waals surface area contributed by atoms with Gasteiger partial charge in [0.2, 0.25) is 10.0 Å². The lowest BCUT2D eigenvalue weighted by Gasteiger charge is -2.08. The second-order valence-corrected chi connectivity index (χ2v) is 9.00. The zero-order valence-corrected chi connectivity index (χ0v) is 18.0. The van der Waals surface area contributed by atoms with Crippen LogP contribution in [0.3, 0.4) is 0 Å². The summed E-state index contributed by atoms with van der Waals surface area (Å²) in [5, 5.41) is 5.26. The highest BCUT2D eigenvalue weighted by molar-refractivity contribution is 7.90. The molecule has 9 heteroatoms. The van der Waals surface area contributed by atoms with Crippen LogP contribution in [-0.2, 0) is 21.9 Å². The molecule has 160 valence electrons. The first-order valence-electron chi connectivity index (χ1n) is 9.75. The van der Waals surface area contributed by atoms with Gasteiger partial charge in [-0.05, 0) is 43.7 Å². The summed E-state index contributed by atoms with van der Waals surface area (Å²) in [5.41, 5.74) is 1.95. The maximum absolute atomic E-state index is 13.8. The lowest BCUT2D eigenvalue weighted by molar-refractivity contribution is -0.114. The van der Waals surface area contributed by atoms with Crippen molar-refractivity contribution in [3.63, 3.8) is 0 Å². The first-order valence-corrected chi connectivity index (χ1v) is 11.4. The SMILES string of the molecule is CCCCCS(=O)(=O)NC(=O)/C=C/c1c(C)nn(C)c1-n1ccc2ccc(F)cc21. The van der Waals surface area contributed by atoms with E-state index in [4.69, 9.17) is 0 Å². The minimum atomic E-state index is -3.67. The van der Waals surface area contributed by atoms with E-state index in [-0.39, 0.29) is 11.6 Å². The minimum absolute atomic E-state index is 0.0848. The van der Waals surface area contributed by atoms with E-state index < -0.39 is 15.9 Å². The van der Waals surface area contributed by atoms with Crippen LogP contribution in [0.2, 0.25) is 0 Å². The lowest BCUT2D eigenvalue weighted by atomic mass is 10.2. The van der Waals surface area contributed by atoms with Crippen LogP contribution >= 0.6 is 0 Å². The van der Waals surface area contributed by atoms with Crippen molar-refractivity contribution in [2.24, 2.45) is 7.05 Å². The smallest absolute Gasteiger partial charge is 0.257 e. The Labute approximate surface area is 175 Å². The topological polar surface area (TPSA) is 86.0 Å². The number of unbranched alkanes of at least 4 members (excludes halogenated alkanes) is 2. The van der Waals surface area contributed by atoms with Crippen molar-refractivity contribution >= 4 is 32.9 Å². The predicted octanol–water partition coefficient (Wildman–Crippen LogP) is 3.46. The number of aryl methyl sites for hydroxylation is 2. The van der Waals surface area contributed by atoms with Crippen molar-refractivity contribution in [1.82, 2.24) is 19.1 Å². The van der Waals surface area contributed by atoms with Crippen molar-refractivity contribution in [3.8, 4) is 5.82 Å². The summed E-state index contributed by atoms with van der Waals surface area (Å²) >= 11 is 0. The molecule has 7 nitrogen and oxygen atoms in total. The van der Waals surface area contributed by atoms with Crippen LogP contribution < -0.4 is 4.72 Å². The maximum Gasteiger partial charge on any atom is 0.257 e. The van der Waals surface area contributed by atoms with E-state index in [2.05, 4.69) is 9.82 Å². The summed E-state index contributed by atoms with van der Waals surface area (Å²) in [6.07, 6.45) is 6.69. The van der Waals surface area contributed by atoms with Gasteiger partial charge in [0.05, 0.1) is 17.0 Å². The molecule has 0 aliphatic heterocycles. The van der Waals surface area contributed by atoms with E-state index in [1.807, 2.05) is 13.0 Å². The van der Waals surface area contributed by atoms with Gasteiger partial charge in [-0.3, -0.25) is 9.48 Å². The molecule has 1 N–H and O–H groups in total. The monoisotopic (exact) mass is 432 g/mol. The molecule has 30 heavy (non-hydrogen) atoms. The van der Waals surface area contributed by atoms with E-state index in [1.165, 1.54) is 24.3 Å². The number of sulfonamides is 1. The average Bonchev–Trinajstić information content (AvgIpc) is 3.18. The number of benzene rings is 1. The molecule has 3 aromatic rings. The Balaban J connectivity index is 1.89. The van der Waals surface area contributed by atoms with Crippen molar-refractivity contribution in [1.29, 1.82) is 0 Å². The van der Waals surface area contributed by atoms with Gasteiger partial charge in [0.1, 0.15) is 11.6 Å². The molecule has 0 fully saturated rings. The molecule has 0 aliphatic carbocycles. The third-order valence-corrected chi connectivity index (χ3v) is 6.13. The molecule has 2 aromatic heterocycles. The highest BCUT2D eigenvalue weighted by Gasteiger charge is 2.17. The summed E-state index contributed by atoms with van der Waals surface area (Å²) < 4.78 is 43.3. The van der Waals surface area contributed by atoms with E-state index in [0.29, 0.717) is 29.0 Å². The molecule has 0 saturated carbocycles. The Bertz CT molecular complexity index is 1210. The largest absolute Gasteiger partial charge is 0.301 e. The normalized spacial score (nSPS) is 12.1. The quantitative estimate of drug-likeness (QED) is 0.436. The number of nitrogens with zero attached hydrogens (tertiary/aromatic N) is 3. The number of carbonyl (C=O) groups is 1. The van der Waals surface area contributed by atoms with Gasteiger partial charge in [0, 0.05) is 30.3 Å². The molecule has 0 atom stereocenters. The third-order valence-electron chi connectivity index (χ3n) is 4.79. The molecule has 0 bridgehead atoms. The van der Waals surface area contributed by atoms with Crippen LogP contribution in [-0.4, -0.2) is 34.4 Å². The fourth-order valence-electron chi connectivity index (χ4n) is 3.37. The Kier molecular flexibility index (Phi) is 6.40. The van der Waals surface area contributed by atoms with Crippen LogP contribution in [0.4, 0.5) is 4.39 Å². The van der Waals surface area contributed by atoms with Crippen molar-refractivity contribution in [3.05, 3.63) is 53.6 Å². The molecule has 0 radical (unpaired) electrons. The number of nitrogens with one attached hydrogen (secondary N) is 1. The number of fused-ring (bicyclic) bond motifs is 1. The molecule has 3 rings (SSSR count). The van der Waals surface area contributed by atoms with Crippen LogP contribution in [0.5, 0.6) is 0 Å². The molecule has 2 heterocycles. The van der Waals surface area contributed by atoms with Gasteiger partial charge in [-0.1, -0.05) is 19.8 Å². The van der Waals surface area contributed by atoms with Gasteiger partial charge in [0.25, 0.3) is 5.91 Å². The molecular formula is C21H25FN4O3S. The lowest BCUT2D eigenvalue weighted by Crippen LogP contribution is -2.31. The summed E-state index contributed by atoms with van der Waals surface area (Å²) in [5.74, 6) is -0.517. The number of amides is 1. The Morgan fingerprint density at radius 3 is 2.77 bits per heavy atom. The number of hydrogen-bond donors (Lipinski definition) is 1. The van der Waals surface area contributed by atoms with Crippen molar-refractivity contribution in [2.75, 3.05) is 5.75 Å². The fourth-order valence-corrected chi connectivity index (χ4v) is 4.43. The Morgan fingerprint density at radius 2 is 2.03 bits per heavy atom. The van der Waals surface area contributed by atoms with E-state index in [1.54, 1.807) is 35.5 Å². The first kappa shape index (κ1) is 21.8. The number of carbonyl (C=O) groups excluding carboxylic acids is 1. The second kappa shape index (κ2) is 8.83. The molecule has 0 saturated heterocycles. The van der Waals surface area contributed by atoms with E-state index in [9.17, 15) is 17.6 Å². The standard InChI is InChI=1S/C21H25FN4O3S/c1-4-5-6-13-30(28,29)24-20(27)10-9-18-15(2)23-25(3)21(18)26-12-11-16-7-8-17(22)14-19(16)26/h7-12,14H,4-6,13H2,1-3H3,(H,24,27)/b10-9+. The summed E-state index contributed by atoms with van der Waals surface area (Å²) in [4.78, 5) is 12.2. The maximum atomic E-state index is 13.8. The molecule has 0 unspecified atom stereocenters. The summed E-state index contributed by atoms with van der Waals surface area (Å²) in [6.45, 7) is 3.76. The van der Waals surface area contributed by atoms with Gasteiger partial charge in [-0.2, -0.15) is 5.10 Å². The molecule has 1 amide bonds. The first-order chi connectivity index (χ1) is 14.2. The van der Waals surface area contributed by atoms with Gasteiger partial charge in [-0.15, -0.1) is 0 Å². The van der Waals surface area contributed by atoms with E-state index in [0.717, 1.165) is 18.2 Å². The van der Waals surface area contributed by atoms with Crippen LogP contribution in [0.25, 0.3) is 22.8 Å². The highest BCUT2D eigenvalue weighted by atomic mass is 32.2. The molecule has 1 aromatic carbocycles. The molecule has 0 aliphatic rings. The van der Waals surface area contributed by atoms with Gasteiger partial charge in [0.15, 0.2) is 0 Å². The second-order valence-electron chi connectivity index (χ2n) is 7.16. The van der Waals surface area contributed by atoms with Gasteiger partial charge in [-0.25, -0.2) is 17.5 Å². The average molecular weight is 433 g/mol. The summed E-state index contributed by atoms with van der Waals surface area (Å²) in [7, 11) is -1.91. The Morgan fingerprint density at radius 1 is 1.27 bits per heavy atom. The zero-order chi connectivity index (χ0) is 21.9. The minimum Gasteiger partial charge on any atom is -0.301 e. The predicted molar refractivity (Wildman–Crippen MR) is 115 cm³/mol. The zero-order valence-electron chi connectivity index (χ0n) is 17.2. The number of halogens is 1. The molecular weight excluding hydrogens is 407 g/mol. The molecule has 0 spiro atoms. The van der Waals surface area contributed by atoms with Gasteiger partial charge >= 0.3 is 0 Å². The van der Waals surface area contributed by atoms with Crippen LogP contribution in [0.1, 0.15) is 37.4 Å². The van der Waals surface area contributed by atoms with Crippen LogP contribution in [0.15, 0.2) is 36.5 Å². The van der Waals surface area contributed by atoms with Crippen molar-refractivity contribution in [2.45, 2.75) is 33.1 Å². The summed E-state index contributed by atoms with van der Waals surface area (Å²) in [6, 6.07) is 6.38. The van der Waals surface area contributed by atoms with Crippen LogP contribution in [0, 0.1) is 12.7 Å². The third kappa shape index (κ3) is 4.79. The van der Waals surface area contributed by atoms with Gasteiger partial charge < -0.3 is 4.57 Å². The van der Waals surface area contributed by atoms with Crippen molar-refractivity contribution < 1.29 is 17.6 Å². The van der Waals surface area contributed by atoms with E-state index >= 15 is 0 Å².